The van der Waals surface area contributed by atoms with E-state index in [1.54, 1.807) is 0 Å². The molecule has 0 aromatic carbocycles. The van der Waals surface area contributed by atoms with Crippen molar-refractivity contribution in [3.05, 3.63) is 10.4 Å². The SMILES string of the molecule is CC(C)(C)NN.C[CH2][Ga]([CH2]C)[N]=[N+]=[N-]. The van der Waals surface area contributed by atoms with Gasteiger partial charge in [0.1, 0.15) is 0 Å². The van der Waals surface area contributed by atoms with Gasteiger partial charge in [0.25, 0.3) is 0 Å². The Hall–Kier alpha value is -0.134. The summed E-state index contributed by atoms with van der Waals surface area (Å²) in [6.45, 7) is 10.2. The molecule has 6 heteroatoms. The van der Waals surface area contributed by atoms with E-state index in [1.165, 1.54) is 0 Å². The van der Waals surface area contributed by atoms with Gasteiger partial charge in [-0.1, -0.05) is 0 Å². The van der Waals surface area contributed by atoms with E-state index < -0.39 is 16.5 Å². The summed E-state index contributed by atoms with van der Waals surface area (Å²) in [5.74, 6) is 5.06. The molecule has 0 bridgehead atoms. The molecule has 5 nitrogen and oxygen atoms in total. The fraction of sp³-hybridized carbons (Fsp3) is 1.00. The number of nitrogens with one attached hydrogen (secondary N) is 1. The Morgan fingerprint density at radius 2 is 1.71 bits per heavy atom. The average Bonchev–Trinajstić information content (AvgIpc) is 2.14. The molecule has 0 unspecified atom stereocenters. The molecule has 3 N–H and O–H groups in total. The van der Waals surface area contributed by atoms with Gasteiger partial charge >= 0.3 is 54.5 Å². The minimum atomic E-state index is -1.40. The summed E-state index contributed by atoms with van der Waals surface area (Å²) in [6, 6.07) is 0. The minimum absolute atomic E-state index is 0.0694. The molecule has 0 amide bonds. The zero-order valence-corrected chi connectivity index (χ0v) is 12.3. The van der Waals surface area contributed by atoms with Crippen LogP contribution in [-0.4, -0.2) is 22.0 Å². The Kier molecular flexibility index (Phi) is 11.0. The van der Waals surface area contributed by atoms with E-state index in [0.29, 0.717) is 0 Å². The molecule has 0 atom stereocenters. The zero-order chi connectivity index (χ0) is 11.6. The topological polar surface area (TPSA) is 86.8 Å². The molecule has 0 saturated carbocycles. The summed E-state index contributed by atoms with van der Waals surface area (Å²) < 4.78 is 3.73. The van der Waals surface area contributed by atoms with Crippen LogP contribution in [0.2, 0.25) is 9.95 Å². The van der Waals surface area contributed by atoms with Crippen molar-refractivity contribution in [1.29, 1.82) is 0 Å². The van der Waals surface area contributed by atoms with Crippen molar-refractivity contribution in [2.45, 2.75) is 50.1 Å². The van der Waals surface area contributed by atoms with Gasteiger partial charge in [0.2, 0.25) is 0 Å². The molecule has 0 aliphatic heterocycles. The molecule has 0 saturated heterocycles. The van der Waals surface area contributed by atoms with Crippen LogP contribution in [-0.2, 0) is 0 Å². The number of azide groups is 1. The molecular weight excluding hydrogens is 236 g/mol. The van der Waals surface area contributed by atoms with Crippen LogP contribution in [0.4, 0.5) is 0 Å². The maximum atomic E-state index is 8.00. The standard InChI is InChI=1S/C4H12N2.2C2H5.Ga.N3/c1-4(2,3)6-5;2*1-2;;1-3-2/h6H,5H2,1-3H3;2*1H2,2H3;;/q;;;+1;-1. The molecule has 0 aromatic heterocycles. The molecule has 0 radical (unpaired) electrons. The summed E-state index contributed by atoms with van der Waals surface area (Å²) in [7, 11) is 0. The van der Waals surface area contributed by atoms with E-state index >= 15 is 0 Å². The first kappa shape index (κ1) is 16.3. The quantitative estimate of drug-likeness (QED) is 0.203. The van der Waals surface area contributed by atoms with Crippen molar-refractivity contribution >= 4 is 16.5 Å². The second-order valence-electron chi connectivity index (χ2n) is 4.07. The van der Waals surface area contributed by atoms with Gasteiger partial charge in [0, 0.05) is 5.54 Å². The third-order valence-corrected chi connectivity index (χ3v) is 6.45. The van der Waals surface area contributed by atoms with E-state index in [2.05, 4.69) is 28.0 Å². The van der Waals surface area contributed by atoms with Crippen LogP contribution in [0.1, 0.15) is 34.6 Å². The molecule has 0 heterocycles. The first-order valence-corrected chi connectivity index (χ1v) is 9.44. The van der Waals surface area contributed by atoms with Crippen molar-refractivity contribution in [3.63, 3.8) is 0 Å². The second-order valence-corrected chi connectivity index (χ2v) is 10.7. The van der Waals surface area contributed by atoms with E-state index in [1.807, 2.05) is 20.8 Å². The van der Waals surface area contributed by atoms with Crippen molar-refractivity contribution in [3.8, 4) is 0 Å². The number of nitrogens with two attached hydrogens (primary N) is 1. The van der Waals surface area contributed by atoms with Crippen LogP contribution < -0.4 is 11.3 Å². The predicted octanol–water partition coefficient (Wildman–Crippen LogP) is 2.58. The number of rotatable bonds is 3. The Morgan fingerprint density at radius 1 is 1.36 bits per heavy atom. The van der Waals surface area contributed by atoms with Gasteiger partial charge in [-0.05, 0) is 20.8 Å². The van der Waals surface area contributed by atoms with Crippen LogP contribution >= 0.6 is 0 Å². The van der Waals surface area contributed by atoms with Crippen LogP contribution in [0.15, 0.2) is 3.82 Å². The number of hydrazine groups is 1. The predicted molar refractivity (Wildman–Crippen MR) is 62.9 cm³/mol. The Balaban J connectivity index is 0. The number of nitrogens with zero attached hydrogens (tertiary/aromatic N) is 3. The Labute approximate surface area is 92.3 Å². The van der Waals surface area contributed by atoms with E-state index in [9.17, 15) is 0 Å². The molecule has 0 aliphatic rings. The normalized spacial score (nSPS) is 9.57. The molecule has 0 fully saturated rings. The number of hydrogen-bond acceptors (Lipinski definition) is 3. The van der Waals surface area contributed by atoms with E-state index in [4.69, 9.17) is 11.4 Å². The van der Waals surface area contributed by atoms with E-state index in [0.717, 1.165) is 9.95 Å². The molecule has 14 heavy (non-hydrogen) atoms. The first-order valence-electron chi connectivity index (χ1n) is 4.93. The summed E-state index contributed by atoms with van der Waals surface area (Å²) >= 11 is -1.40. The van der Waals surface area contributed by atoms with Gasteiger partial charge in [-0.15, -0.1) is 0 Å². The third-order valence-electron chi connectivity index (χ3n) is 1.59. The molecule has 0 spiro atoms. The van der Waals surface area contributed by atoms with Crippen LogP contribution in [0.3, 0.4) is 0 Å². The third kappa shape index (κ3) is 14.4. The average molecular weight is 258 g/mol. The van der Waals surface area contributed by atoms with Crippen molar-refractivity contribution < 1.29 is 0 Å². The number of hydrogen-bond donors (Lipinski definition) is 2. The summed E-state index contributed by atoms with van der Waals surface area (Å²) in [4.78, 5) is 5.05. The van der Waals surface area contributed by atoms with Gasteiger partial charge in [-0.3, -0.25) is 11.3 Å². The van der Waals surface area contributed by atoms with Crippen molar-refractivity contribution in [2.75, 3.05) is 0 Å². The van der Waals surface area contributed by atoms with Crippen LogP contribution in [0.5, 0.6) is 0 Å². The van der Waals surface area contributed by atoms with E-state index in [-0.39, 0.29) is 5.54 Å². The Bertz CT molecular complexity index is 167. The zero-order valence-electron chi connectivity index (χ0n) is 9.91. The molecule has 82 valence electrons. The van der Waals surface area contributed by atoms with Gasteiger partial charge < -0.3 is 0 Å². The fourth-order valence-electron chi connectivity index (χ4n) is 0.525. The second kappa shape index (κ2) is 9.42. The molecule has 0 aliphatic carbocycles. The monoisotopic (exact) mass is 257 g/mol. The van der Waals surface area contributed by atoms with Crippen LogP contribution in [0, 0.1) is 0 Å². The van der Waals surface area contributed by atoms with Gasteiger partial charge in [0.15, 0.2) is 0 Å². The molecule has 0 aromatic rings. The fourth-order valence-corrected chi connectivity index (χ4v) is 2.73. The first-order chi connectivity index (χ1) is 6.41. The summed E-state index contributed by atoms with van der Waals surface area (Å²) in [5, 5.41) is 0. The van der Waals surface area contributed by atoms with Gasteiger partial charge in [-0.2, -0.15) is 0 Å². The Morgan fingerprint density at radius 3 is 1.79 bits per heavy atom. The van der Waals surface area contributed by atoms with Gasteiger partial charge in [0.05, 0.1) is 0 Å². The molecular formula is C8H22GaN5. The van der Waals surface area contributed by atoms with Crippen molar-refractivity contribution in [1.82, 2.24) is 5.43 Å². The van der Waals surface area contributed by atoms with Gasteiger partial charge in [-0.25, -0.2) is 0 Å². The summed E-state index contributed by atoms with van der Waals surface area (Å²) in [6.07, 6.45) is 0. The van der Waals surface area contributed by atoms with Crippen molar-refractivity contribution in [2.24, 2.45) is 9.66 Å². The maximum absolute atomic E-state index is 8.00. The summed E-state index contributed by atoms with van der Waals surface area (Å²) in [5.41, 5.74) is 10.7. The molecule has 0 rings (SSSR count). The van der Waals surface area contributed by atoms with Crippen LogP contribution in [0.25, 0.3) is 10.4 Å².